The van der Waals surface area contributed by atoms with E-state index >= 15 is 0 Å². The second-order valence-corrected chi connectivity index (χ2v) is 6.19. The Bertz CT molecular complexity index is 378. The van der Waals surface area contributed by atoms with E-state index < -0.39 is 0 Å². The second-order valence-electron chi connectivity index (χ2n) is 6.19. The molecule has 18 heavy (non-hydrogen) atoms. The average Bonchev–Trinajstić information content (AvgIpc) is 2.22. The molecule has 1 aromatic carbocycles. The molecule has 2 rings (SSSR count). The van der Waals surface area contributed by atoms with Gasteiger partial charge >= 0.3 is 0 Å². The maximum absolute atomic E-state index is 3.58. The molecular weight excluding hydrogens is 220 g/mol. The summed E-state index contributed by atoms with van der Waals surface area (Å²) in [7, 11) is 0. The summed E-state index contributed by atoms with van der Waals surface area (Å²) in [4.78, 5) is 2.46. The molecule has 0 amide bonds. The molecule has 1 heterocycles. The number of nitrogens with one attached hydrogen (secondary N) is 1. The van der Waals surface area contributed by atoms with Gasteiger partial charge in [-0.15, -0.1) is 0 Å². The van der Waals surface area contributed by atoms with Crippen molar-refractivity contribution in [1.82, 2.24) is 5.32 Å². The molecule has 1 aromatic rings. The molecule has 1 N–H and O–H groups in total. The lowest BCUT2D eigenvalue weighted by atomic mass is 10.0. The number of hydrogen-bond donors (Lipinski definition) is 1. The number of benzene rings is 1. The summed E-state index contributed by atoms with van der Waals surface area (Å²) in [5.41, 5.74) is 2.85. The normalized spacial score (nSPS) is 16.4. The Hall–Kier alpha value is -1.02. The Morgan fingerprint density at radius 1 is 1.22 bits per heavy atom. The van der Waals surface area contributed by atoms with Crippen molar-refractivity contribution in [2.75, 3.05) is 18.0 Å². The van der Waals surface area contributed by atoms with Crippen LogP contribution in [0, 0.1) is 5.92 Å². The molecule has 1 aliphatic heterocycles. The number of anilines is 1. The van der Waals surface area contributed by atoms with E-state index in [0.717, 1.165) is 19.0 Å². The zero-order chi connectivity index (χ0) is 13.1. The lowest BCUT2D eigenvalue weighted by Crippen LogP contribution is -2.59. The quantitative estimate of drug-likeness (QED) is 0.859. The van der Waals surface area contributed by atoms with E-state index in [2.05, 4.69) is 62.2 Å². The fraction of sp³-hybridized carbons (Fsp3) is 0.625. The summed E-state index contributed by atoms with van der Waals surface area (Å²) < 4.78 is 0. The van der Waals surface area contributed by atoms with Crippen LogP contribution in [0.15, 0.2) is 24.3 Å². The van der Waals surface area contributed by atoms with Gasteiger partial charge in [0.05, 0.1) is 0 Å². The number of nitrogens with zero attached hydrogens (tertiary/aromatic N) is 1. The summed E-state index contributed by atoms with van der Waals surface area (Å²) >= 11 is 0. The maximum atomic E-state index is 3.58. The molecule has 0 radical (unpaired) electrons. The van der Waals surface area contributed by atoms with Gasteiger partial charge in [0.15, 0.2) is 0 Å². The Morgan fingerprint density at radius 2 is 1.94 bits per heavy atom. The van der Waals surface area contributed by atoms with Crippen molar-refractivity contribution in [1.29, 1.82) is 0 Å². The van der Waals surface area contributed by atoms with Crippen molar-refractivity contribution in [3.63, 3.8) is 0 Å². The predicted octanol–water partition coefficient (Wildman–Crippen LogP) is 3.07. The van der Waals surface area contributed by atoms with Crippen molar-refractivity contribution in [3.05, 3.63) is 29.8 Å². The molecule has 1 fully saturated rings. The highest BCUT2D eigenvalue weighted by atomic mass is 15.3. The summed E-state index contributed by atoms with van der Waals surface area (Å²) in [5.74, 6) is 0.729. The van der Waals surface area contributed by atoms with Crippen LogP contribution in [0.4, 0.5) is 5.69 Å². The first-order valence-electron chi connectivity index (χ1n) is 7.14. The molecule has 2 heteroatoms. The van der Waals surface area contributed by atoms with Crippen molar-refractivity contribution < 1.29 is 0 Å². The molecule has 1 saturated heterocycles. The minimum atomic E-state index is 0.587. The first-order chi connectivity index (χ1) is 8.54. The van der Waals surface area contributed by atoms with Crippen LogP contribution in [0.25, 0.3) is 0 Å². The third kappa shape index (κ3) is 3.49. The Labute approximate surface area is 111 Å². The van der Waals surface area contributed by atoms with Crippen molar-refractivity contribution in [2.24, 2.45) is 5.92 Å². The van der Waals surface area contributed by atoms with Gasteiger partial charge in [-0.05, 0) is 30.0 Å². The molecule has 0 unspecified atom stereocenters. The number of hydrogen-bond acceptors (Lipinski definition) is 2. The van der Waals surface area contributed by atoms with Crippen molar-refractivity contribution in [3.8, 4) is 0 Å². The largest absolute Gasteiger partial charge is 0.368 e. The van der Waals surface area contributed by atoms with E-state index in [0.29, 0.717) is 12.1 Å². The molecule has 0 saturated carbocycles. The van der Waals surface area contributed by atoms with Crippen LogP contribution in [-0.4, -0.2) is 25.2 Å². The minimum absolute atomic E-state index is 0.587. The van der Waals surface area contributed by atoms with Gasteiger partial charge < -0.3 is 10.2 Å². The predicted molar refractivity (Wildman–Crippen MR) is 79.3 cm³/mol. The highest BCUT2D eigenvalue weighted by Crippen LogP contribution is 2.23. The van der Waals surface area contributed by atoms with Gasteiger partial charge in [-0.2, -0.15) is 0 Å². The fourth-order valence-electron chi connectivity index (χ4n) is 2.62. The SMILES string of the molecule is CC(C)Cc1cccc(N2CC(NC(C)C)C2)c1. The van der Waals surface area contributed by atoms with Crippen LogP contribution >= 0.6 is 0 Å². The van der Waals surface area contributed by atoms with Gasteiger partial charge in [0.2, 0.25) is 0 Å². The van der Waals surface area contributed by atoms with E-state index in [1.165, 1.54) is 17.7 Å². The maximum Gasteiger partial charge on any atom is 0.0422 e. The Balaban J connectivity index is 1.91. The topological polar surface area (TPSA) is 15.3 Å². The average molecular weight is 246 g/mol. The highest BCUT2D eigenvalue weighted by molar-refractivity contribution is 5.51. The third-order valence-electron chi connectivity index (χ3n) is 3.37. The van der Waals surface area contributed by atoms with Crippen LogP contribution in [-0.2, 0) is 6.42 Å². The van der Waals surface area contributed by atoms with E-state index in [-0.39, 0.29) is 0 Å². The molecule has 100 valence electrons. The monoisotopic (exact) mass is 246 g/mol. The Morgan fingerprint density at radius 3 is 2.56 bits per heavy atom. The first-order valence-corrected chi connectivity index (χ1v) is 7.14. The standard InChI is InChI=1S/C16H26N2/c1-12(2)8-14-6-5-7-16(9-14)18-10-15(11-18)17-13(3)4/h5-7,9,12-13,15,17H,8,10-11H2,1-4H3. The van der Waals surface area contributed by atoms with E-state index in [1.807, 2.05) is 0 Å². The minimum Gasteiger partial charge on any atom is -0.368 e. The summed E-state index contributed by atoms with van der Waals surface area (Å²) in [6.07, 6.45) is 1.18. The summed E-state index contributed by atoms with van der Waals surface area (Å²) in [6.45, 7) is 11.3. The zero-order valence-corrected chi connectivity index (χ0v) is 12.1. The molecule has 0 spiro atoms. The molecule has 0 atom stereocenters. The van der Waals surface area contributed by atoms with Gasteiger partial charge in [0, 0.05) is 30.9 Å². The van der Waals surface area contributed by atoms with Gasteiger partial charge in [0.25, 0.3) is 0 Å². The Kier molecular flexibility index (Phi) is 4.28. The van der Waals surface area contributed by atoms with E-state index in [9.17, 15) is 0 Å². The van der Waals surface area contributed by atoms with Crippen LogP contribution in [0.2, 0.25) is 0 Å². The van der Waals surface area contributed by atoms with Gasteiger partial charge in [-0.1, -0.05) is 39.8 Å². The molecule has 0 bridgehead atoms. The summed E-state index contributed by atoms with van der Waals surface area (Å²) in [6, 6.07) is 10.3. The molecule has 0 aromatic heterocycles. The number of rotatable bonds is 5. The van der Waals surface area contributed by atoms with Crippen LogP contribution in [0.1, 0.15) is 33.3 Å². The lowest BCUT2D eigenvalue weighted by Gasteiger charge is -2.42. The fourth-order valence-corrected chi connectivity index (χ4v) is 2.62. The molecular formula is C16H26N2. The lowest BCUT2D eigenvalue weighted by molar-refractivity contribution is 0.389. The highest BCUT2D eigenvalue weighted by Gasteiger charge is 2.26. The van der Waals surface area contributed by atoms with E-state index in [1.54, 1.807) is 0 Å². The molecule has 0 aliphatic carbocycles. The van der Waals surface area contributed by atoms with Crippen molar-refractivity contribution in [2.45, 2.75) is 46.2 Å². The molecule has 2 nitrogen and oxygen atoms in total. The smallest absolute Gasteiger partial charge is 0.0422 e. The third-order valence-corrected chi connectivity index (χ3v) is 3.37. The zero-order valence-electron chi connectivity index (χ0n) is 12.1. The van der Waals surface area contributed by atoms with Crippen LogP contribution in [0.3, 0.4) is 0 Å². The van der Waals surface area contributed by atoms with Gasteiger partial charge in [-0.3, -0.25) is 0 Å². The van der Waals surface area contributed by atoms with Crippen LogP contribution < -0.4 is 10.2 Å². The van der Waals surface area contributed by atoms with Crippen molar-refractivity contribution >= 4 is 5.69 Å². The summed E-state index contributed by atoms with van der Waals surface area (Å²) in [5, 5.41) is 3.58. The van der Waals surface area contributed by atoms with Crippen LogP contribution in [0.5, 0.6) is 0 Å². The second kappa shape index (κ2) is 5.75. The van der Waals surface area contributed by atoms with E-state index in [4.69, 9.17) is 0 Å². The molecule has 1 aliphatic rings. The first kappa shape index (κ1) is 13.4. The van der Waals surface area contributed by atoms with Gasteiger partial charge in [-0.25, -0.2) is 0 Å². The van der Waals surface area contributed by atoms with Gasteiger partial charge in [0.1, 0.15) is 0 Å².